The minimum absolute atomic E-state index is 0.574. The Kier molecular flexibility index (Phi) is 8.01. The van der Waals surface area contributed by atoms with Crippen LogP contribution in [-0.2, 0) is 0 Å². The van der Waals surface area contributed by atoms with Crippen LogP contribution in [0.25, 0.3) is 126 Å². The van der Waals surface area contributed by atoms with Gasteiger partial charge in [0.25, 0.3) is 0 Å². The van der Waals surface area contributed by atoms with Crippen molar-refractivity contribution in [3.05, 3.63) is 206 Å². The predicted molar refractivity (Wildman–Crippen MR) is 262 cm³/mol. The fourth-order valence-electron chi connectivity index (χ4n) is 9.37. The molecule has 0 radical (unpaired) electrons. The molecule has 0 N–H and O–H groups in total. The second kappa shape index (κ2) is 14.2. The molecule has 0 spiro atoms. The third kappa shape index (κ3) is 5.80. The fourth-order valence-corrected chi connectivity index (χ4v) is 10.5. The van der Waals surface area contributed by atoms with Crippen molar-refractivity contribution >= 4 is 75.3 Å². The highest BCUT2D eigenvalue weighted by atomic mass is 32.1. The van der Waals surface area contributed by atoms with Gasteiger partial charge in [0.15, 0.2) is 17.5 Å². The smallest absolute Gasteiger partial charge is 0.164 e. The normalized spacial score (nSPS) is 11.8. The Balaban J connectivity index is 0.999. The van der Waals surface area contributed by atoms with Crippen LogP contribution in [0, 0.1) is 0 Å². The SMILES string of the molecule is c1ccc(-c2cccc(-c3nc(-c4ccc5c(c4)oc4cccc(-n6c7ccccc7c7ccccc76)c45)nc(-c4ccc5sc6cccc(-c7ccccc7)c6c5c4)n3)c2)cc1. The van der Waals surface area contributed by atoms with E-state index < -0.39 is 0 Å². The van der Waals surface area contributed by atoms with Crippen molar-refractivity contribution in [1.29, 1.82) is 0 Å². The van der Waals surface area contributed by atoms with Crippen LogP contribution < -0.4 is 0 Å². The molecular formula is C57H34N4OS. The highest BCUT2D eigenvalue weighted by molar-refractivity contribution is 7.26. The second-order valence-electron chi connectivity index (χ2n) is 15.9. The summed E-state index contributed by atoms with van der Waals surface area (Å²) in [7, 11) is 0. The summed E-state index contributed by atoms with van der Waals surface area (Å²) >= 11 is 1.81. The highest BCUT2D eigenvalue weighted by Crippen LogP contribution is 2.43. The van der Waals surface area contributed by atoms with E-state index in [2.05, 4.69) is 205 Å². The molecule has 13 rings (SSSR count). The first-order valence-electron chi connectivity index (χ1n) is 21.1. The molecule has 0 fully saturated rings. The molecule has 63 heavy (non-hydrogen) atoms. The number of hydrogen-bond donors (Lipinski definition) is 0. The molecule has 0 saturated heterocycles. The van der Waals surface area contributed by atoms with Crippen molar-refractivity contribution in [3.8, 4) is 62.1 Å². The molecule has 0 saturated carbocycles. The molecule has 0 amide bonds. The first-order valence-corrected chi connectivity index (χ1v) is 21.9. The van der Waals surface area contributed by atoms with Gasteiger partial charge in [0.2, 0.25) is 0 Å². The molecular weight excluding hydrogens is 789 g/mol. The van der Waals surface area contributed by atoms with Gasteiger partial charge in [0.05, 0.1) is 22.1 Å². The zero-order valence-corrected chi connectivity index (χ0v) is 34.6. The van der Waals surface area contributed by atoms with Gasteiger partial charge >= 0.3 is 0 Å². The van der Waals surface area contributed by atoms with Gasteiger partial charge in [-0.15, -0.1) is 11.3 Å². The van der Waals surface area contributed by atoms with E-state index >= 15 is 0 Å². The minimum Gasteiger partial charge on any atom is -0.456 e. The van der Waals surface area contributed by atoms with Crippen LogP contribution >= 0.6 is 11.3 Å². The standard InChI is InChI=1S/C57H34N4OS/c1-3-14-35(15-4-1)37-18-11-19-38(32-37)55-58-56(39-29-31-51-45(33-39)53-41(22-12-27-52(53)63-51)36-16-5-2-6-17-36)60-57(59-55)40-28-30-44-50(34-40)62-49-26-13-25-48(54(44)49)61-46-23-9-7-20-42(46)43-21-8-10-24-47(43)61/h1-34H. The number of nitrogens with zero attached hydrogens (tertiary/aromatic N) is 4. The average Bonchev–Trinajstić information content (AvgIpc) is 4.04. The number of aromatic nitrogens is 4. The van der Waals surface area contributed by atoms with Crippen LogP contribution in [0.4, 0.5) is 0 Å². The van der Waals surface area contributed by atoms with Crippen LogP contribution in [0.5, 0.6) is 0 Å². The van der Waals surface area contributed by atoms with E-state index in [1.807, 2.05) is 17.4 Å². The fraction of sp³-hybridized carbons (Fsp3) is 0. The van der Waals surface area contributed by atoms with Crippen LogP contribution in [0.3, 0.4) is 0 Å². The molecule has 6 heteroatoms. The largest absolute Gasteiger partial charge is 0.456 e. The van der Waals surface area contributed by atoms with Gasteiger partial charge in [-0.25, -0.2) is 15.0 Å². The molecule has 0 aliphatic rings. The Labute approximate surface area is 365 Å². The minimum atomic E-state index is 0.574. The summed E-state index contributed by atoms with van der Waals surface area (Å²) in [5.74, 6) is 1.79. The zero-order valence-electron chi connectivity index (χ0n) is 33.7. The summed E-state index contributed by atoms with van der Waals surface area (Å²) < 4.78 is 11.5. The van der Waals surface area contributed by atoms with Crippen LogP contribution in [0.2, 0.25) is 0 Å². The Morgan fingerprint density at radius 1 is 0.349 bits per heavy atom. The molecule has 0 aliphatic heterocycles. The Morgan fingerprint density at radius 2 is 0.937 bits per heavy atom. The van der Waals surface area contributed by atoms with Crippen molar-refractivity contribution in [2.24, 2.45) is 0 Å². The maximum atomic E-state index is 6.72. The molecule has 4 heterocycles. The molecule has 5 nitrogen and oxygen atoms in total. The predicted octanol–water partition coefficient (Wildman–Crippen LogP) is 15.6. The highest BCUT2D eigenvalue weighted by Gasteiger charge is 2.20. The number of para-hydroxylation sites is 2. The first-order chi connectivity index (χ1) is 31.2. The Bertz CT molecular complexity index is 3870. The topological polar surface area (TPSA) is 56.7 Å². The number of rotatable bonds is 6. The van der Waals surface area contributed by atoms with E-state index in [-0.39, 0.29) is 0 Å². The van der Waals surface area contributed by atoms with Crippen molar-refractivity contribution < 1.29 is 4.42 Å². The number of hydrogen-bond acceptors (Lipinski definition) is 5. The first kappa shape index (κ1) is 35.6. The van der Waals surface area contributed by atoms with Crippen molar-refractivity contribution in [3.63, 3.8) is 0 Å². The van der Waals surface area contributed by atoms with Crippen LogP contribution in [0.15, 0.2) is 211 Å². The molecule has 294 valence electrons. The third-order valence-corrected chi connectivity index (χ3v) is 13.4. The Hall–Kier alpha value is -8.19. The lowest BCUT2D eigenvalue weighted by Crippen LogP contribution is -2.00. The van der Waals surface area contributed by atoms with Crippen LogP contribution in [-0.4, -0.2) is 19.5 Å². The third-order valence-electron chi connectivity index (χ3n) is 12.3. The Morgan fingerprint density at radius 3 is 1.68 bits per heavy atom. The monoisotopic (exact) mass is 822 g/mol. The van der Waals surface area contributed by atoms with Gasteiger partial charge in [-0.2, -0.15) is 0 Å². The lowest BCUT2D eigenvalue weighted by atomic mass is 9.99. The number of fused-ring (bicyclic) bond motifs is 9. The van der Waals surface area contributed by atoms with E-state index in [1.165, 1.54) is 42.1 Å². The van der Waals surface area contributed by atoms with Crippen molar-refractivity contribution in [2.45, 2.75) is 0 Å². The maximum Gasteiger partial charge on any atom is 0.164 e. The molecule has 0 aliphatic carbocycles. The summed E-state index contributed by atoms with van der Waals surface area (Å²) in [6.45, 7) is 0. The molecule has 13 aromatic rings. The van der Waals surface area contributed by atoms with E-state index in [1.54, 1.807) is 0 Å². The summed E-state index contributed by atoms with van der Waals surface area (Å²) in [5.41, 5.74) is 12.3. The number of benzene rings is 9. The van der Waals surface area contributed by atoms with E-state index in [9.17, 15) is 0 Å². The lowest BCUT2D eigenvalue weighted by molar-refractivity contribution is 0.669. The zero-order chi connectivity index (χ0) is 41.4. The van der Waals surface area contributed by atoms with Crippen LogP contribution in [0.1, 0.15) is 0 Å². The van der Waals surface area contributed by atoms with E-state index in [4.69, 9.17) is 19.4 Å². The van der Waals surface area contributed by atoms with Gasteiger partial charge < -0.3 is 8.98 Å². The molecule has 0 bridgehead atoms. The van der Waals surface area contributed by atoms with Gasteiger partial charge in [-0.05, 0) is 89.0 Å². The van der Waals surface area contributed by atoms with Crippen molar-refractivity contribution in [1.82, 2.24) is 19.5 Å². The van der Waals surface area contributed by atoms with Gasteiger partial charge in [-0.1, -0.05) is 140 Å². The second-order valence-corrected chi connectivity index (χ2v) is 17.0. The summed E-state index contributed by atoms with van der Waals surface area (Å²) in [4.78, 5) is 15.7. The van der Waals surface area contributed by atoms with Gasteiger partial charge in [-0.3, -0.25) is 0 Å². The summed E-state index contributed by atoms with van der Waals surface area (Å²) in [6, 6.07) is 72.6. The molecule has 0 atom stereocenters. The van der Waals surface area contributed by atoms with Gasteiger partial charge in [0, 0.05) is 53.0 Å². The maximum absolute atomic E-state index is 6.72. The molecule has 4 aromatic heterocycles. The summed E-state index contributed by atoms with van der Waals surface area (Å²) in [6.07, 6.45) is 0. The van der Waals surface area contributed by atoms with Gasteiger partial charge in [0.1, 0.15) is 11.2 Å². The summed E-state index contributed by atoms with van der Waals surface area (Å²) in [5, 5.41) is 6.96. The molecule has 9 aromatic carbocycles. The lowest BCUT2D eigenvalue weighted by Gasteiger charge is -2.11. The van der Waals surface area contributed by atoms with E-state index in [0.29, 0.717) is 17.5 Å². The van der Waals surface area contributed by atoms with Crippen molar-refractivity contribution in [2.75, 3.05) is 0 Å². The number of furan rings is 1. The molecule has 0 unspecified atom stereocenters. The van der Waals surface area contributed by atoms with E-state index in [0.717, 1.165) is 66.5 Å². The average molecular weight is 823 g/mol. The number of thiophene rings is 1. The quantitative estimate of drug-likeness (QED) is 0.168.